The van der Waals surface area contributed by atoms with Crippen molar-refractivity contribution in [1.29, 1.82) is 0 Å². The molecule has 1 heterocycles. The Morgan fingerprint density at radius 1 is 1.53 bits per heavy atom. The highest BCUT2D eigenvalue weighted by atomic mass is 32.2. The molecule has 0 radical (unpaired) electrons. The van der Waals surface area contributed by atoms with Gasteiger partial charge in [-0.3, -0.25) is 9.36 Å². The maximum Gasteiger partial charge on any atom is 0.306 e. The Morgan fingerprint density at radius 2 is 2.16 bits per heavy atom. The molecule has 2 rings (SSSR count). The molecule has 0 bridgehead atoms. The zero-order chi connectivity index (χ0) is 14.0. The molecule has 1 aliphatic carbocycles. The predicted molar refractivity (Wildman–Crippen MR) is 70.7 cm³/mol. The van der Waals surface area contributed by atoms with Crippen molar-refractivity contribution in [3.8, 4) is 0 Å². The van der Waals surface area contributed by atoms with E-state index in [1.165, 1.54) is 11.8 Å². The van der Waals surface area contributed by atoms with Gasteiger partial charge in [0.2, 0.25) is 5.95 Å². The number of thioether (sulfide) groups is 1. The maximum absolute atomic E-state index is 10.9. The SMILES string of the molecule is Cn1c(N)nnc1SCC1(O)CCC(C(=O)O)CC1. The largest absolute Gasteiger partial charge is 0.481 e. The van der Waals surface area contributed by atoms with Gasteiger partial charge in [0, 0.05) is 12.8 Å². The number of carboxylic acid groups (broad SMARTS) is 1. The standard InChI is InChI=1S/C11H18N4O3S/c1-15-9(12)13-14-10(15)19-6-11(18)4-2-7(3-5-11)8(16)17/h7,18H,2-6H2,1H3,(H2,12,13)(H,16,17). The van der Waals surface area contributed by atoms with Crippen molar-refractivity contribution >= 4 is 23.7 Å². The van der Waals surface area contributed by atoms with Gasteiger partial charge in [-0.25, -0.2) is 0 Å². The summed E-state index contributed by atoms with van der Waals surface area (Å²) in [6, 6.07) is 0. The van der Waals surface area contributed by atoms with Crippen LogP contribution in [0.5, 0.6) is 0 Å². The molecular formula is C11H18N4O3S. The summed E-state index contributed by atoms with van der Waals surface area (Å²) in [5.41, 5.74) is 4.76. The third-order valence-electron chi connectivity index (χ3n) is 3.60. The molecule has 0 aliphatic heterocycles. The second-order valence-corrected chi connectivity index (χ2v) is 5.97. The number of hydrogen-bond donors (Lipinski definition) is 3. The van der Waals surface area contributed by atoms with Gasteiger partial charge < -0.3 is 15.9 Å². The van der Waals surface area contributed by atoms with Gasteiger partial charge >= 0.3 is 5.97 Å². The van der Waals surface area contributed by atoms with Crippen LogP contribution in [0.25, 0.3) is 0 Å². The van der Waals surface area contributed by atoms with Crippen molar-refractivity contribution in [3.63, 3.8) is 0 Å². The van der Waals surface area contributed by atoms with Gasteiger partial charge in [0.05, 0.1) is 11.5 Å². The first kappa shape index (κ1) is 14.1. The fourth-order valence-electron chi connectivity index (χ4n) is 2.20. The summed E-state index contributed by atoms with van der Waals surface area (Å²) in [6.07, 6.45) is 2.05. The molecule has 8 heteroatoms. The van der Waals surface area contributed by atoms with Crippen molar-refractivity contribution in [1.82, 2.24) is 14.8 Å². The van der Waals surface area contributed by atoms with Crippen LogP contribution in [-0.4, -0.2) is 42.3 Å². The van der Waals surface area contributed by atoms with Crippen molar-refractivity contribution in [2.45, 2.75) is 36.4 Å². The van der Waals surface area contributed by atoms with Crippen LogP contribution in [0.4, 0.5) is 5.95 Å². The van der Waals surface area contributed by atoms with E-state index in [9.17, 15) is 9.90 Å². The van der Waals surface area contributed by atoms with E-state index >= 15 is 0 Å². The van der Waals surface area contributed by atoms with Gasteiger partial charge in [0.1, 0.15) is 0 Å². The zero-order valence-corrected chi connectivity index (χ0v) is 11.6. The molecule has 1 saturated carbocycles. The minimum Gasteiger partial charge on any atom is -0.481 e. The van der Waals surface area contributed by atoms with E-state index in [-0.39, 0.29) is 5.92 Å². The third-order valence-corrected chi connectivity index (χ3v) is 4.90. The summed E-state index contributed by atoms with van der Waals surface area (Å²) in [5.74, 6) is -0.277. The van der Waals surface area contributed by atoms with E-state index in [0.717, 1.165) is 0 Å². The molecule has 0 atom stereocenters. The molecule has 0 spiro atoms. The van der Waals surface area contributed by atoms with E-state index < -0.39 is 11.6 Å². The molecular weight excluding hydrogens is 268 g/mol. The lowest BCUT2D eigenvalue weighted by atomic mass is 9.80. The van der Waals surface area contributed by atoms with E-state index in [0.29, 0.717) is 42.5 Å². The molecule has 1 aromatic heterocycles. The topological polar surface area (TPSA) is 114 Å². The van der Waals surface area contributed by atoms with Gasteiger partial charge in [-0.15, -0.1) is 10.2 Å². The molecule has 4 N–H and O–H groups in total. The number of hydrogen-bond acceptors (Lipinski definition) is 6. The molecule has 7 nitrogen and oxygen atoms in total. The number of nitrogens with zero attached hydrogens (tertiary/aromatic N) is 3. The van der Waals surface area contributed by atoms with Crippen LogP contribution in [0, 0.1) is 5.92 Å². The highest BCUT2D eigenvalue weighted by Crippen LogP contribution is 2.35. The number of aliphatic carboxylic acids is 1. The molecule has 0 amide bonds. The number of rotatable bonds is 4. The molecule has 1 fully saturated rings. The Balaban J connectivity index is 1.89. The smallest absolute Gasteiger partial charge is 0.306 e. The van der Waals surface area contributed by atoms with E-state index in [2.05, 4.69) is 10.2 Å². The first-order chi connectivity index (χ1) is 8.91. The second kappa shape index (κ2) is 5.38. The third kappa shape index (κ3) is 3.19. The molecule has 106 valence electrons. The normalized spacial score (nSPS) is 27.4. The Bertz CT molecular complexity index is 469. The fraction of sp³-hybridized carbons (Fsp3) is 0.727. The molecule has 19 heavy (non-hydrogen) atoms. The van der Waals surface area contributed by atoms with Gasteiger partial charge in [0.15, 0.2) is 5.16 Å². The quantitative estimate of drug-likeness (QED) is 0.690. The minimum absolute atomic E-state index is 0.323. The highest BCUT2D eigenvalue weighted by molar-refractivity contribution is 7.99. The molecule has 1 aromatic rings. The number of aliphatic hydroxyl groups is 1. The van der Waals surface area contributed by atoms with Crippen molar-refractivity contribution in [3.05, 3.63) is 0 Å². The molecule has 0 saturated heterocycles. The highest BCUT2D eigenvalue weighted by Gasteiger charge is 2.36. The maximum atomic E-state index is 10.9. The van der Waals surface area contributed by atoms with Crippen molar-refractivity contribution < 1.29 is 15.0 Å². The number of nitrogen functional groups attached to an aromatic ring is 1. The summed E-state index contributed by atoms with van der Waals surface area (Å²) in [5, 5.41) is 27.7. The zero-order valence-electron chi connectivity index (χ0n) is 10.7. The van der Waals surface area contributed by atoms with Crippen LogP contribution in [0.2, 0.25) is 0 Å². The van der Waals surface area contributed by atoms with E-state index in [1.807, 2.05) is 0 Å². The number of aromatic nitrogens is 3. The lowest BCUT2D eigenvalue weighted by molar-refractivity contribution is -0.144. The number of carboxylic acids is 1. The monoisotopic (exact) mass is 286 g/mol. The van der Waals surface area contributed by atoms with Gasteiger partial charge in [-0.05, 0) is 25.7 Å². The van der Waals surface area contributed by atoms with Gasteiger partial charge in [-0.2, -0.15) is 0 Å². The van der Waals surface area contributed by atoms with Crippen LogP contribution >= 0.6 is 11.8 Å². The van der Waals surface area contributed by atoms with E-state index in [1.54, 1.807) is 11.6 Å². The fourth-order valence-corrected chi connectivity index (χ4v) is 3.27. The van der Waals surface area contributed by atoms with Crippen LogP contribution in [0.1, 0.15) is 25.7 Å². The second-order valence-electron chi connectivity index (χ2n) is 5.03. The lowest BCUT2D eigenvalue weighted by Gasteiger charge is -2.34. The first-order valence-corrected chi connectivity index (χ1v) is 7.13. The molecule has 0 aromatic carbocycles. The Hall–Kier alpha value is -1.28. The number of nitrogens with two attached hydrogens (primary N) is 1. The van der Waals surface area contributed by atoms with Crippen LogP contribution < -0.4 is 5.73 Å². The number of carbonyl (C=O) groups is 1. The Morgan fingerprint density at radius 3 is 2.63 bits per heavy atom. The Labute approximate surface area is 115 Å². The van der Waals surface area contributed by atoms with E-state index in [4.69, 9.17) is 10.8 Å². The summed E-state index contributed by atoms with van der Waals surface area (Å²) < 4.78 is 1.66. The summed E-state index contributed by atoms with van der Waals surface area (Å²) >= 11 is 1.39. The molecule has 1 aliphatic rings. The number of anilines is 1. The lowest BCUT2D eigenvalue weighted by Crippen LogP contribution is -2.38. The summed E-state index contributed by atoms with van der Waals surface area (Å²) in [6.45, 7) is 0. The Kier molecular flexibility index (Phi) is 4.00. The van der Waals surface area contributed by atoms with Gasteiger partial charge in [0.25, 0.3) is 0 Å². The van der Waals surface area contributed by atoms with Crippen LogP contribution in [0.15, 0.2) is 5.16 Å². The average molecular weight is 286 g/mol. The average Bonchev–Trinajstić information content (AvgIpc) is 2.68. The van der Waals surface area contributed by atoms with Gasteiger partial charge in [-0.1, -0.05) is 11.8 Å². The molecule has 0 unspecified atom stereocenters. The first-order valence-electron chi connectivity index (χ1n) is 6.14. The minimum atomic E-state index is -0.822. The predicted octanol–water partition coefficient (Wildman–Crippen LogP) is 0.495. The summed E-state index contributed by atoms with van der Waals surface area (Å²) in [7, 11) is 1.77. The summed E-state index contributed by atoms with van der Waals surface area (Å²) in [4.78, 5) is 10.9. The van der Waals surface area contributed by atoms with Crippen LogP contribution in [-0.2, 0) is 11.8 Å². The van der Waals surface area contributed by atoms with Crippen LogP contribution in [0.3, 0.4) is 0 Å². The van der Waals surface area contributed by atoms with Crippen molar-refractivity contribution in [2.24, 2.45) is 13.0 Å². The van der Waals surface area contributed by atoms with Crippen molar-refractivity contribution in [2.75, 3.05) is 11.5 Å².